The summed E-state index contributed by atoms with van der Waals surface area (Å²) in [5, 5.41) is 10.00. The van der Waals surface area contributed by atoms with E-state index in [0.29, 0.717) is 49.6 Å². The molecule has 1 saturated heterocycles. The van der Waals surface area contributed by atoms with Crippen molar-refractivity contribution in [1.82, 2.24) is 25.6 Å². The number of aromatic nitrogens is 3. The minimum atomic E-state index is -0.420. The molecule has 182 valence electrons. The summed E-state index contributed by atoms with van der Waals surface area (Å²) < 4.78 is 5.78. The van der Waals surface area contributed by atoms with Gasteiger partial charge >= 0.3 is 6.03 Å². The van der Waals surface area contributed by atoms with Gasteiger partial charge in [0, 0.05) is 18.8 Å². The van der Waals surface area contributed by atoms with Gasteiger partial charge in [-0.25, -0.2) is 24.6 Å². The first-order valence-corrected chi connectivity index (χ1v) is 12.5. The molecule has 0 unspecified atom stereocenters. The molecule has 3 N–H and O–H groups in total. The summed E-state index contributed by atoms with van der Waals surface area (Å²) in [4.78, 5) is 42.5. The molecule has 0 spiro atoms. The number of amides is 3. The van der Waals surface area contributed by atoms with Gasteiger partial charge in [0.15, 0.2) is 5.82 Å². The van der Waals surface area contributed by atoms with Gasteiger partial charge in [0.2, 0.25) is 5.88 Å². The van der Waals surface area contributed by atoms with E-state index in [1.54, 1.807) is 19.2 Å². The second-order valence-corrected chi connectivity index (χ2v) is 9.63. The van der Waals surface area contributed by atoms with Gasteiger partial charge < -0.3 is 20.7 Å². The normalized spacial score (nSPS) is 17.1. The number of benzene rings is 1. The molecule has 4 aromatic rings. The zero-order chi connectivity index (χ0) is 24.6. The van der Waals surface area contributed by atoms with Crippen LogP contribution in [0.2, 0.25) is 0 Å². The van der Waals surface area contributed by atoms with Crippen molar-refractivity contribution in [3.8, 4) is 11.6 Å². The molecule has 0 saturated carbocycles. The molecule has 0 radical (unpaired) electrons. The lowest BCUT2D eigenvalue weighted by Gasteiger charge is -2.28. The van der Waals surface area contributed by atoms with E-state index in [2.05, 4.69) is 30.9 Å². The first-order valence-electron chi connectivity index (χ1n) is 11.7. The number of carbonyl (C=O) groups excluding carboxylic acids is 2. The zero-order valence-corrected chi connectivity index (χ0v) is 20.3. The van der Waals surface area contributed by atoms with Gasteiger partial charge in [0.25, 0.3) is 5.91 Å². The average molecular weight is 502 g/mol. The van der Waals surface area contributed by atoms with Crippen molar-refractivity contribution in [3.05, 3.63) is 59.4 Å². The van der Waals surface area contributed by atoms with E-state index in [4.69, 9.17) is 4.74 Å². The Bertz CT molecular complexity index is 1470. The number of para-hydroxylation sites is 1. The van der Waals surface area contributed by atoms with Gasteiger partial charge in [-0.3, -0.25) is 4.79 Å². The Balaban J connectivity index is 1.34. The molecular weight excluding hydrogens is 478 g/mol. The number of urea groups is 1. The van der Waals surface area contributed by atoms with Gasteiger partial charge in [0.1, 0.15) is 15.5 Å². The van der Waals surface area contributed by atoms with E-state index >= 15 is 0 Å². The fourth-order valence-corrected chi connectivity index (χ4v) is 5.53. The molecule has 1 fully saturated rings. The number of carbonyl (C=O) groups is 2. The maximum absolute atomic E-state index is 13.3. The third-order valence-electron chi connectivity index (χ3n) is 6.16. The summed E-state index contributed by atoms with van der Waals surface area (Å²) in [6, 6.07) is 10.7. The number of nitrogens with one attached hydrogen (secondary N) is 3. The number of thiophene rings is 1. The molecule has 11 heteroatoms. The molecule has 2 aliphatic heterocycles. The average Bonchev–Trinajstić information content (AvgIpc) is 3.26. The van der Waals surface area contributed by atoms with Gasteiger partial charge in [0.05, 0.1) is 28.7 Å². The van der Waals surface area contributed by atoms with Gasteiger partial charge in [-0.2, -0.15) is 0 Å². The first-order chi connectivity index (χ1) is 17.6. The predicted molar refractivity (Wildman–Crippen MR) is 137 cm³/mol. The highest BCUT2D eigenvalue weighted by Crippen LogP contribution is 2.45. The summed E-state index contributed by atoms with van der Waals surface area (Å²) in [6.45, 7) is 3.46. The molecule has 5 heterocycles. The van der Waals surface area contributed by atoms with Crippen molar-refractivity contribution in [2.45, 2.75) is 25.8 Å². The Labute approximate surface area is 210 Å². The van der Waals surface area contributed by atoms with Crippen molar-refractivity contribution in [1.29, 1.82) is 0 Å². The number of nitrogens with zero attached hydrogens (tertiary/aromatic N) is 4. The van der Waals surface area contributed by atoms with Crippen LogP contribution in [0.25, 0.3) is 10.2 Å². The molecule has 1 aromatic carbocycles. The van der Waals surface area contributed by atoms with Crippen molar-refractivity contribution in [2.75, 3.05) is 23.3 Å². The zero-order valence-electron chi connectivity index (χ0n) is 19.4. The van der Waals surface area contributed by atoms with E-state index in [0.717, 1.165) is 25.9 Å². The monoisotopic (exact) mass is 501 g/mol. The van der Waals surface area contributed by atoms with E-state index in [-0.39, 0.29) is 11.9 Å². The van der Waals surface area contributed by atoms with Crippen LogP contribution in [0.1, 0.15) is 28.2 Å². The molecule has 3 aromatic heterocycles. The Morgan fingerprint density at radius 1 is 1.22 bits per heavy atom. The molecule has 0 bridgehead atoms. The third-order valence-corrected chi connectivity index (χ3v) is 7.26. The Hall–Kier alpha value is -4.09. The molecule has 36 heavy (non-hydrogen) atoms. The summed E-state index contributed by atoms with van der Waals surface area (Å²) in [5.74, 6) is 1.13. The van der Waals surface area contributed by atoms with E-state index in [1.807, 2.05) is 30.3 Å². The molecule has 2 aliphatic rings. The van der Waals surface area contributed by atoms with Crippen LogP contribution < -0.4 is 25.6 Å². The number of anilines is 3. The van der Waals surface area contributed by atoms with Crippen molar-refractivity contribution in [2.24, 2.45) is 0 Å². The molecular formula is C25H23N7O3S. The maximum Gasteiger partial charge on any atom is 0.332 e. The fraction of sp³-hybridized carbons (Fsp3) is 0.240. The summed E-state index contributed by atoms with van der Waals surface area (Å²) in [6.07, 6.45) is 5.05. The van der Waals surface area contributed by atoms with Gasteiger partial charge in [-0.1, -0.05) is 18.2 Å². The van der Waals surface area contributed by atoms with Crippen molar-refractivity contribution < 1.29 is 14.3 Å². The number of pyridine rings is 1. The Morgan fingerprint density at radius 2 is 2.08 bits per heavy atom. The molecule has 10 nitrogen and oxygen atoms in total. The third kappa shape index (κ3) is 4.01. The van der Waals surface area contributed by atoms with Crippen LogP contribution in [0.15, 0.2) is 48.8 Å². The number of piperidine rings is 1. The fourth-order valence-electron chi connectivity index (χ4n) is 4.51. The van der Waals surface area contributed by atoms with Crippen LogP contribution in [-0.2, 0) is 0 Å². The van der Waals surface area contributed by atoms with E-state index < -0.39 is 6.03 Å². The Kier molecular flexibility index (Phi) is 5.70. The van der Waals surface area contributed by atoms with Crippen LogP contribution in [0.3, 0.4) is 0 Å². The van der Waals surface area contributed by atoms with Crippen molar-refractivity contribution >= 4 is 50.7 Å². The molecule has 6 rings (SSSR count). The number of rotatable bonds is 5. The molecule has 3 amide bonds. The topological polar surface area (TPSA) is 121 Å². The predicted octanol–water partition coefficient (Wildman–Crippen LogP) is 4.35. The van der Waals surface area contributed by atoms with Crippen LogP contribution >= 0.6 is 11.3 Å². The molecule has 0 aliphatic carbocycles. The summed E-state index contributed by atoms with van der Waals surface area (Å²) in [7, 11) is 0. The second kappa shape index (κ2) is 9.17. The van der Waals surface area contributed by atoms with Gasteiger partial charge in [-0.05, 0) is 44.5 Å². The summed E-state index contributed by atoms with van der Waals surface area (Å²) in [5.41, 5.74) is 1.60. The SMILES string of the molecule is Cc1nc(Oc2ccccc2)cnc1N1C(=O)Nc2c(C(=O)N[C@@H]3CCCNC3)sc3nccc1c23. The number of hydrogen-bond donors (Lipinski definition) is 3. The molecule has 1 atom stereocenters. The minimum absolute atomic E-state index is 0.0569. The number of hydrogen-bond acceptors (Lipinski definition) is 8. The first kappa shape index (κ1) is 22.4. The van der Waals surface area contributed by atoms with E-state index in [1.165, 1.54) is 22.4 Å². The maximum atomic E-state index is 13.3. The highest BCUT2D eigenvalue weighted by atomic mass is 32.1. The van der Waals surface area contributed by atoms with Gasteiger partial charge in [-0.15, -0.1) is 11.3 Å². The number of ether oxygens (including phenoxy) is 1. The lowest BCUT2D eigenvalue weighted by atomic mass is 10.1. The van der Waals surface area contributed by atoms with Crippen LogP contribution in [0.4, 0.5) is 22.0 Å². The number of aryl methyl sites for hydroxylation is 1. The lowest BCUT2D eigenvalue weighted by molar-refractivity contribution is 0.0935. The second-order valence-electron chi connectivity index (χ2n) is 8.63. The van der Waals surface area contributed by atoms with Crippen molar-refractivity contribution in [3.63, 3.8) is 0 Å². The highest BCUT2D eigenvalue weighted by Gasteiger charge is 2.34. The largest absolute Gasteiger partial charge is 0.437 e. The minimum Gasteiger partial charge on any atom is -0.437 e. The smallest absolute Gasteiger partial charge is 0.332 e. The lowest BCUT2D eigenvalue weighted by Crippen LogP contribution is -2.45. The summed E-state index contributed by atoms with van der Waals surface area (Å²) >= 11 is 1.27. The van der Waals surface area contributed by atoms with Crippen LogP contribution in [0, 0.1) is 6.92 Å². The Morgan fingerprint density at radius 3 is 2.86 bits per heavy atom. The van der Waals surface area contributed by atoms with E-state index in [9.17, 15) is 9.59 Å². The quantitative estimate of drug-likeness (QED) is 0.372. The van der Waals surface area contributed by atoms with Crippen LogP contribution in [-0.4, -0.2) is 46.0 Å². The van der Waals surface area contributed by atoms with Crippen LogP contribution in [0.5, 0.6) is 11.6 Å². The highest BCUT2D eigenvalue weighted by molar-refractivity contribution is 7.21. The standard InChI is InChI=1S/C25H23N7O3S/c1-14-22(28-13-18(29-14)35-16-7-3-2-4-8-16)32-17-9-11-27-24-19(17)20(31-25(32)34)21(36-24)23(33)30-15-6-5-10-26-12-15/h2-4,7-9,11,13,15,26H,5-6,10,12H2,1H3,(H,30,33)(H,31,34)/t15-/m1/s1.